The van der Waals surface area contributed by atoms with Gasteiger partial charge in [-0.25, -0.2) is 4.79 Å². The van der Waals surface area contributed by atoms with Crippen LogP contribution in [0.3, 0.4) is 0 Å². The molecular formula is C16H29N3O6. The maximum absolute atomic E-state index is 12.4. The van der Waals surface area contributed by atoms with Crippen LogP contribution in [0, 0.1) is 11.8 Å². The lowest BCUT2D eigenvalue weighted by atomic mass is 10.00. The maximum Gasteiger partial charge on any atom is 0.326 e. The molecule has 3 atom stereocenters. The van der Waals surface area contributed by atoms with Crippen molar-refractivity contribution in [2.45, 2.75) is 59.2 Å². The van der Waals surface area contributed by atoms with Crippen molar-refractivity contribution in [2.24, 2.45) is 11.8 Å². The summed E-state index contributed by atoms with van der Waals surface area (Å²) in [6.07, 6.45) is 0.278. The van der Waals surface area contributed by atoms with Gasteiger partial charge >= 0.3 is 5.97 Å². The highest BCUT2D eigenvalue weighted by atomic mass is 16.4. The number of rotatable bonds is 10. The van der Waals surface area contributed by atoms with Gasteiger partial charge in [0.25, 0.3) is 0 Å². The molecule has 0 aliphatic carbocycles. The molecule has 0 saturated heterocycles. The van der Waals surface area contributed by atoms with Crippen LogP contribution in [0.4, 0.5) is 0 Å². The Morgan fingerprint density at radius 2 is 1.40 bits per heavy atom. The van der Waals surface area contributed by atoms with E-state index >= 15 is 0 Å². The molecule has 0 aromatic carbocycles. The molecule has 9 heteroatoms. The van der Waals surface area contributed by atoms with Crippen molar-refractivity contribution in [1.82, 2.24) is 16.0 Å². The molecular weight excluding hydrogens is 330 g/mol. The summed E-state index contributed by atoms with van der Waals surface area (Å²) in [5.74, 6) is -3.28. The number of carboxylic acid groups (broad SMARTS) is 1. The second-order valence-corrected chi connectivity index (χ2v) is 6.69. The molecule has 25 heavy (non-hydrogen) atoms. The van der Waals surface area contributed by atoms with Crippen LogP contribution in [0.25, 0.3) is 0 Å². The van der Waals surface area contributed by atoms with Crippen molar-refractivity contribution < 1.29 is 29.4 Å². The summed E-state index contributed by atoms with van der Waals surface area (Å²) in [6.45, 7) is 7.60. The average Bonchev–Trinajstić information content (AvgIpc) is 2.47. The molecule has 5 N–H and O–H groups in total. The molecule has 0 heterocycles. The van der Waals surface area contributed by atoms with Crippen LogP contribution >= 0.6 is 0 Å². The number of amides is 3. The van der Waals surface area contributed by atoms with Crippen molar-refractivity contribution in [3.8, 4) is 0 Å². The van der Waals surface area contributed by atoms with Crippen LogP contribution in [0.1, 0.15) is 41.0 Å². The average molecular weight is 359 g/mol. The molecule has 0 aromatic rings. The van der Waals surface area contributed by atoms with E-state index in [-0.39, 0.29) is 18.3 Å². The monoisotopic (exact) mass is 359 g/mol. The number of aliphatic hydroxyl groups is 1. The third-order valence-corrected chi connectivity index (χ3v) is 3.45. The van der Waals surface area contributed by atoms with Crippen molar-refractivity contribution in [1.29, 1.82) is 0 Å². The van der Waals surface area contributed by atoms with Crippen LogP contribution < -0.4 is 16.0 Å². The molecule has 3 amide bonds. The third kappa shape index (κ3) is 8.48. The molecule has 0 radical (unpaired) electrons. The predicted molar refractivity (Wildman–Crippen MR) is 90.5 cm³/mol. The molecule has 0 aromatic heterocycles. The zero-order chi connectivity index (χ0) is 19.7. The molecule has 0 rings (SSSR count). The number of aliphatic hydroxyl groups excluding tert-OH is 1. The summed E-state index contributed by atoms with van der Waals surface area (Å²) < 4.78 is 0. The normalized spacial score (nSPS) is 14.6. The summed E-state index contributed by atoms with van der Waals surface area (Å²) in [7, 11) is 0. The van der Waals surface area contributed by atoms with Gasteiger partial charge in [0.05, 0.1) is 6.61 Å². The molecule has 0 aliphatic rings. The third-order valence-electron chi connectivity index (χ3n) is 3.45. The molecule has 0 fully saturated rings. The van der Waals surface area contributed by atoms with Crippen molar-refractivity contribution in [3.63, 3.8) is 0 Å². The molecule has 144 valence electrons. The van der Waals surface area contributed by atoms with Crippen LogP contribution in [-0.2, 0) is 19.2 Å². The predicted octanol–water partition coefficient (Wildman–Crippen LogP) is -0.760. The first-order valence-corrected chi connectivity index (χ1v) is 8.21. The number of hydrogen-bond acceptors (Lipinski definition) is 5. The van der Waals surface area contributed by atoms with E-state index in [0.717, 1.165) is 0 Å². The summed E-state index contributed by atoms with van der Waals surface area (Å²) in [4.78, 5) is 46.9. The molecule has 0 saturated carbocycles. The lowest BCUT2D eigenvalue weighted by molar-refractivity contribution is -0.143. The number of hydrogen-bond donors (Lipinski definition) is 5. The first-order valence-electron chi connectivity index (χ1n) is 8.21. The summed E-state index contributed by atoms with van der Waals surface area (Å²) >= 11 is 0. The Balaban J connectivity index is 5.16. The van der Waals surface area contributed by atoms with Gasteiger partial charge in [-0.05, 0) is 18.3 Å². The lowest BCUT2D eigenvalue weighted by Gasteiger charge is -2.25. The van der Waals surface area contributed by atoms with Gasteiger partial charge < -0.3 is 26.2 Å². The quantitative estimate of drug-likeness (QED) is 0.347. The van der Waals surface area contributed by atoms with Gasteiger partial charge in [-0.3, -0.25) is 14.4 Å². The minimum absolute atomic E-state index is 0.0479. The van der Waals surface area contributed by atoms with E-state index < -0.39 is 48.4 Å². The van der Waals surface area contributed by atoms with E-state index in [4.69, 9.17) is 0 Å². The highest BCUT2D eigenvalue weighted by Gasteiger charge is 2.30. The van der Waals surface area contributed by atoms with Gasteiger partial charge in [0, 0.05) is 6.92 Å². The summed E-state index contributed by atoms with van der Waals surface area (Å²) in [5.41, 5.74) is 0. The van der Waals surface area contributed by atoms with Crippen LogP contribution in [0.15, 0.2) is 0 Å². The van der Waals surface area contributed by atoms with E-state index in [1.807, 2.05) is 13.8 Å². The number of aliphatic carboxylic acids is 1. The van der Waals surface area contributed by atoms with Gasteiger partial charge in [-0.2, -0.15) is 0 Å². The fourth-order valence-corrected chi connectivity index (χ4v) is 2.18. The maximum atomic E-state index is 12.4. The SMILES string of the molecule is CC(=O)N[C@@H](CO)C(=O)N[C@@H](CC(C)C)C(=O)N[C@H](C(=O)O)C(C)C. The van der Waals surface area contributed by atoms with E-state index in [1.54, 1.807) is 13.8 Å². The zero-order valence-electron chi connectivity index (χ0n) is 15.3. The number of carbonyl (C=O) groups is 4. The van der Waals surface area contributed by atoms with Gasteiger partial charge in [-0.15, -0.1) is 0 Å². The Morgan fingerprint density at radius 3 is 1.76 bits per heavy atom. The zero-order valence-corrected chi connectivity index (χ0v) is 15.3. The minimum Gasteiger partial charge on any atom is -0.480 e. The molecule has 0 bridgehead atoms. The van der Waals surface area contributed by atoms with E-state index in [9.17, 15) is 29.4 Å². The van der Waals surface area contributed by atoms with Crippen LogP contribution in [-0.4, -0.2) is 58.6 Å². The minimum atomic E-state index is -1.18. The van der Waals surface area contributed by atoms with Gasteiger partial charge in [0.2, 0.25) is 17.7 Å². The fraction of sp³-hybridized carbons (Fsp3) is 0.750. The Kier molecular flexibility index (Phi) is 9.73. The number of carbonyl (C=O) groups excluding carboxylic acids is 3. The number of nitrogens with one attached hydrogen (secondary N) is 3. The van der Waals surface area contributed by atoms with Gasteiger partial charge in [-0.1, -0.05) is 27.7 Å². The second-order valence-electron chi connectivity index (χ2n) is 6.69. The highest BCUT2D eigenvalue weighted by molar-refractivity contribution is 5.93. The Morgan fingerprint density at radius 1 is 0.880 bits per heavy atom. The van der Waals surface area contributed by atoms with Crippen molar-refractivity contribution in [3.05, 3.63) is 0 Å². The Labute approximate surface area is 147 Å². The second kappa shape index (κ2) is 10.7. The van der Waals surface area contributed by atoms with E-state index in [2.05, 4.69) is 16.0 Å². The standard InChI is InChI=1S/C16H29N3O6/c1-8(2)6-11(14(22)19-13(9(3)4)16(24)25)18-15(23)12(7-20)17-10(5)21/h8-9,11-13,20H,6-7H2,1-5H3,(H,17,21)(H,18,23)(H,19,22)(H,24,25)/t11-,12-,13-/m0/s1. The van der Waals surface area contributed by atoms with Crippen molar-refractivity contribution >= 4 is 23.7 Å². The van der Waals surface area contributed by atoms with Gasteiger partial charge in [0.15, 0.2) is 0 Å². The highest BCUT2D eigenvalue weighted by Crippen LogP contribution is 2.08. The molecule has 0 unspecified atom stereocenters. The van der Waals surface area contributed by atoms with Gasteiger partial charge in [0.1, 0.15) is 18.1 Å². The topological polar surface area (TPSA) is 145 Å². The lowest BCUT2D eigenvalue weighted by Crippen LogP contribution is -2.57. The van der Waals surface area contributed by atoms with Crippen molar-refractivity contribution in [2.75, 3.05) is 6.61 Å². The molecule has 0 aliphatic heterocycles. The fourth-order valence-electron chi connectivity index (χ4n) is 2.18. The van der Waals surface area contributed by atoms with Crippen LogP contribution in [0.2, 0.25) is 0 Å². The summed E-state index contributed by atoms with van der Waals surface area (Å²) in [5, 5.41) is 25.6. The molecule has 9 nitrogen and oxygen atoms in total. The first-order chi connectivity index (χ1) is 11.5. The Bertz CT molecular complexity index is 492. The van der Waals surface area contributed by atoms with E-state index in [1.165, 1.54) is 6.92 Å². The first kappa shape index (κ1) is 22.8. The summed E-state index contributed by atoms with van der Waals surface area (Å²) in [6, 6.07) is -3.24. The van der Waals surface area contributed by atoms with E-state index in [0.29, 0.717) is 0 Å². The van der Waals surface area contributed by atoms with Crippen LogP contribution in [0.5, 0.6) is 0 Å². The smallest absolute Gasteiger partial charge is 0.326 e. The Hall–Kier alpha value is -2.16. The largest absolute Gasteiger partial charge is 0.480 e. The molecule has 0 spiro atoms. The number of carboxylic acids is 1.